The van der Waals surface area contributed by atoms with Gasteiger partial charge in [0.1, 0.15) is 0 Å². The lowest BCUT2D eigenvalue weighted by Crippen LogP contribution is -2.31. The van der Waals surface area contributed by atoms with Crippen molar-refractivity contribution in [2.45, 2.75) is 45.7 Å². The number of benzene rings is 1. The van der Waals surface area contributed by atoms with Crippen LogP contribution in [0, 0.1) is 13.8 Å². The average molecular weight is 435 g/mol. The molecule has 0 unspecified atom stereocenters. The Labute approximate surface area is 189 Å². The summed E-state index contributed by atoms with van der Waals surface area (Å²) >= 11 is 5.71. The molecule has 0 saturated carbocycles. The van der Waals surface area contributed by atoms with E-state index in [4.69, 9.17) is 12.2 Å². The number of hydrogen-bond acceptors (Lipinski definition) is 3. The van der Waals surface area contributed by atoms with Crippen LogP contribution in [0.2, 0.25) is 0 Å². The molecule has 1 aliphatic rings. The third-order valence-corrected chi connectivity index (χ3v) is 6.50. The van der Waals surface area contributed by atoms with Gasteiger partial charge >= 0.3 is 0 Å². The third-order valence-electron chi connectivity index (χ3n) is 6.15. The summed E-state index contributed by atoms with van der Waals surface area (Å²) in [6, 6.07) is 17.0. The van der Waals surface area contributed by atoms with Gasteiger partial charge in [-0.05, 0) is 80.4 Å². The maximum atomic E-state index is 9.44. The van der Waals surface area contributed by atoms with Crippen LogP contribution in [0.25, 0.3) is 5.69 Å². The zero-order chi connectivity index (χ0) is 22.0. The highest BCUT2D eigenvalue weighted by atomic mass is 32.1. The first-order chi connectivity index (χ1) is 15.0. The Morgan fingerprint density at radius 3 is 2.55 bits per heavy atom. The summed E-state index contributed by atoms with van der Waals surface area (Å²) in [4.78, 5) is 6.82. The number of pyridine rings is 1. The van der Waals surface area contributed by atoms with Crippen molar-refractivity contribution in [3.05, 3.63) is 82.9 Å². The average Bonchev–Trinajstić information content (AvgIpc) is 3.27. The number of thiocarbonyl (C=S) groups is 1. The van der Waals surface area contributed by atoms with Crippen molar-refractivity contribution in [1.29, 1.82) is 0 Å². The molecule has 5 nitrogen and oxygen atoms in total. The summed E-state index contributed by atoms with van der Waals surface area (Å²) in [6.45, 7) is 7.35. The number of nitrogens with zero attached hydrogens (tertiary/aromatic N) is 3. The molecule has 1 aliphatic heterocycles. The molecule has 2 atom stereocenters. The van der Waals surface area contributed by atoms with Gasteiger partial charge in [-0.2, -0.15) is 0 Å². The molecule has 0 amide bonds. The Hall–Kier alpha value is -2.70. The first-order valence-electron chi connectivity index (χ1n) is 10.9. The van der Waals surface area contributed by atoms with Crippen LogP contribution in [0.5, 0.6) is 0 Å². The molecule has 0 aliphatic carbocycles. The van der Waals surface area contributed by atoms with Gasteiger partial charge in [-0.15, -0.1) is 0 Å². The van der Waals surface area contributed by atoms with E-state index in [0.717, 1.165) is 12.1 Å². The van der Waals surface area contributed by atoms with Crippen LogP contribution in [0.3, 0.4) is 0 Å². The molecule has 6 heteroatoms. The van der Waals surface area contributed by atoms with E-state index in [9.17, 15) is 5.11 Å². The van der Waals surface area contributed by atoms with Gasteiger partial charge in [-0.1, -0.05) is 25.1 Å². The van der Waals surface area contributed by atoms with E-state index in [1.54, 1.807) is 0 Å². The topological polar surface area (TPSA) is 53.3 Å². The number of rotatable bonds is 7. The molecule has 0 radical (unpaired) electrons. The fraction of sp³-hybridized carbons (Fsp3) is 0.360. The van der Waals surface area contributed by atoms with Gasteiger partial charge in [0.15, 0.2) is 5.11 Å². The molecule has 1 aromatic carbocycles. The standard InChI is InChI=1S/C25H30N4OS/c1-4-19-9-11-20(12-10-19)29-17(2)16-21(18(29)3)24-23(22-8-5-6-13-26-22)27-25(31)28(24)14-7-15-30/h5-6,8-13,16,23-24,30H,4,7,14-15H2,1-3H3,(H,27,31)/t23-,24-/m0/s1. The molecular formula is C25H30N4OS. The van der Waals surface area contributed by atoms with Crippen molar-refractivity contribution in [3.8, 4) is 5.69 Å². The van der Waals surface area contributed by atoms with Crippen molar-refractivity contribution < 1.29 is 5.11 Å². The maximum absolute atomic E-state index is 9.44. The molecule has 0 bridgehead atoms. The number of nitrogens with one attached hydrogen (secondary N) is 1. The largest absolute Gasteiger partial charge is 0.396 e. The van der Waals surface area contributed by atoms with Gasteiger partial charge < -0.3 is 19.9 Å². The normalized spacial score (nSPS) is 18.5. The number of aliphatic hydroxyl groups is 1. The predicted molar refractivity (Wildman–Crippen MR) is 128 cm³/mol. The van der Waals surface area contributed by atoms with Crippen LogP contribution >= 0.6 is 12.2 Å². The lowest BCUT2D eigenvalue weighted by Gasteiger charge is -2.28. The second kappa shape index (κ2) is 9.20. The van der Waals surface area contributed by atoms with Gasteiger partial charge in [0.2, 0.25) is 0 Å². The van der Waals surface area contributed by atoms with Crippen molar-refractivity contribution in [2.24, 2.45) is 0 Å². The van der Waals surface area contributed by atoms with Crippen LogP contribution in [0.4, 0.5) is 0 Å². The van der Waals surface area contributed by atoms with Gasteiger partial charge in [0.05, 0.1) is 17.8 Å². The Morgan fingerprint density at radius 2 is 1.90 bits per heavy atom. The summed E-state index contributed by atoms with van der Waals surface area (Å²) in [5, 5.41) is 13.6. The zero-order valence-electron chi connectivity index (χ0n) is 18.4. The minimum Gasteiger partial charge on any atom is -0.396 e. The lowest BCUT2D eigenvalue weighted by atomic mass is 9.96. The van der Waals surface area contributed by atoms with Gasteiger partial charge in [-0.25, -0.2) is 0 Å². The highest BCUT2D eigenvalue weighted by molar-refractivity contribution is 7.80. The Morgan fingerprint density at radius 1 is 1.13 bits per heavy atom. The van der Waals surface area contributed by atoms with Crippen LogP contribution in [-0.4, -0.2) is 37.8 Å². The first kappa shape index (κ1) is 21.5. The third kappa shape index (κ3) is 4.10. The van der Waals surface area contributed by atoms with Gasteiger partial charge in [0.25, 0.3) is 0 Å². The van der Waals surface area contributed by atoms with Crippen LogP contribution in [0.15, 0.2) is 54.7 Å². The Bertz CT molecular complexity index is 1050. The lowest BCUT2D eigenvalue weighted by molar-refractivity contribution is 0.247. The molecule has 2 N–H and O–H groups in total. The molecular weight excluding hydrogens is 404 g/mol. The quantitative estimate of drug-likeness (QED) is 0.540. The number of hydrogen-bond donors (Lipinski definition) is 2. The summed E-state index contributed by atoms with van der Waals surface area (Å²) in [5.74, 6) is 0. The number of aromatic nitrogens is 2. The fourth-order valence-electron chi connectivity index (χ4n) is 4.59. The molecule has 4 rings (SSSR count). The minimum atomic E-state index is -0.0381. The van der Waals surface area contributed by atoms with E-state index in [-0.39, 0.29) is 18.7 Å². The SMILES string of the molecule is CCc1ccc(-n2c(C)cc([C@H]3[C@H](c4ccccn4)NC(=S)N3CCCO)c2C)cc1. The summed E-state index contributed by atoms with van der Waals surface area (Å²) in [7, 11) is 0. The van der Waals surface area contributed by atoms with E-state index in [0.29, 0.717) is 18.1 Å². The molecule has 1 saturated heterocycles. The van der Waals surface area contributed by atoms with E-state index in [2.05, 4.69) is 70.9 Å². The Balaban J connectivity index is 1.79. The predicted octanol–water partition coefficient (Wildman–Crippen LogP) is 4.41. The van der Waals surface area contributed by atoms with Crippen LogP contribution in [0.1, 0.15) is 53.6 Å². The summed E-state index contributed by atoms with van der Waals surface area (Å²) in [5.41, 5.74) is 7.10. The summed E-state index contributed by atoms with van der Waals surface area (Å²) < 4.78 is 2.32. The second-order valence-corrected chi connectivity index (χ2v) is 8.47. The fourth-order valence-corrected chi connectivity index (χ4v) is 4.92. The van der Waals surface area contributed by atoms with E-state index in [1.807, 2.05) is 24.4 Å². The van der Waals surface area contributed by atoms with Crippen molar-refractivity contribution in [3.63, 3.8) is 0 Å². The number of aryl methyl sites for hydroxylation is 2. The molecule has 3 aromatic rings. The van der Waals surface area contributed by atoms with Crippen LogP contribution in [-0.2, 0) is 6.42 Å². The smallest absolute Gasteiger partial charge is 0.170 e. The minimum absolute atomic E-state index is 0.0174. The molecule has 2 aromatic heterocycles. The highest BCUT2D eigenvalue weighted by Gasteiger charge is 2.41. The zero-order valence-corrected chi connectivity index (χ0v) is 19.2. The highest BCUT2D eigenvalue weighted by Crippen LogP contribution is 2.41. The van der Waals surface area contributed by atoms with E-state index in [1.165, 1.54) is 28.2 Å². The number of aliphatic hydroxyl groups excluding tert-OH is 1. The molecule has 162 valence electrons. The van der Waals surface area contributed by atoms with Crippen molar-refractivity contribution in [2.75, 3.05) is 13.2 Å². The molecule has 31 heavy (non-hydrogen) atoms. The van der Waals surface area contributed by atoms with E-state index < -0.39 is 0 Å². The van der Waals surface area contributed by atoms with Gasteiger partial charge in [0, 0.05) is 36.4 Å². The first-order valence-corrected chi connectivity index (χ1v) is 11.3. The van der Waals surface area contributed by atoms with E-state index >= 15 is 0 Å². The summed E-state index contributed by atoms with van der Waals surface area (Å²) in [6.07, 6.45) is 3.53. The molecule has 3 heterocycles. The monoisotopic (exact) mass is 434 g/mol. The Kier molecular flexibility index (Phi) is 6.39. The second-order valence-electron chi connectivity index (χ2n) is 8.08. The maximum Gasteiger partial charge on any atom is 0.170 e. The van der Waals surface area contributed by atoms with Gasteiger partial charge in [-0.3, -0.25) is 4.98 Å². The van der Waals surface area contributed by atoms with Crippen LogP contribution < -0.4 is 5.32 Å². The van der Waals surface area contributed by atoms with Crippen molar-refractivity contribution in [1.82, 2.24) is 19.8 Å². The molecule has 1 fully saturated rings. The van der Waals surface area contributed by atoms with Crippen molar-refractivity contribution >= 4 is 17.3 Å². The molecule has 0 spiro atoms.